The minimum Gasteiger partial charge on any atom is -0.361 e. The topological polar surface area (TPSA) is 32.7 Å². The summed E-state index contributed by atoms with van der Waals surface area (Å²) in [5, 5.41) is 10.6. The molecule has 5 heteroatoms. The van der Waals surface area contributed by atoms with Crippen molar-refractivity contribution in [2.24, 2.45) is 0 Å². The molecule has 0 aliphatic carbocycles. The summed E-state index contributed by atoms with van der Waals surface area (Å²) in [5.74, 6) is -1.50. The van der Waals surface area contributed by atoms with Gasteiger partial charge in [-0.05, 0) is 30.3 Å². The largest absolute Gasteiger partial charge is 0.361 e. The summed E-state index contributed by atoms with van der Waals surface area (Å²) in [5.41, 5.74) is 2.66. The number of hydrogen-bond donors (Lipinski definition) is 1. The van der Waals surface area contributed by atoms with Crippen LogP contribution in [-0.4, -0.2) is 36.8 Å². The first kappa shape index (κ1) is 17.1. The van der Waals surface area contributed by atoms with E-state index in [9.17, 15) is 9.50 Å². The van der Waals surface area contributed by atoms with Crippen molar-refractivity contribution in [2.75, 3.05) is 26.7 Å². The van der Waals surface area contributed by atoms with Crippen LogP contribution in [-0.2, 0) is 10.5 Å². The maximum Gasteiger partial charge on any atom is 0.205 e. The molecular weight excluding hydrogens is 349 g/mol. The second-order valence-electron chi connectivity index (χ2n) is 5.45. The van der Waals surface area contributed by atoms with Gasteiger partial charge in [-0.3, -0.25) is 4.90 Å². The standard InChI is InChI=1S/C17H18FNO2.BrH/c1-19-10-11-21-17(20,12-19)15-6-2-13(3-7-15)14-4-8-16(18)9-5-14;/h2-9,20H,10-12H2,1H3;1H. The van der Waals surface area contributed by atoms with Gasteiger partial charge in [0.1, 0.15) is 5.82 Å². The van der Waals surface area contributed by atoms with Crippen molar-refractivity contribution in [2.45, 2.75) is 5.79 Å². The second-order valence-corrected chi connectivity index (χ2v) is 5.45. The fraction of sp³-hybridized carbons (Fsp3) is 0.294. The van der Waals surface area contributed by atoms with Crippen LogP contribution in [0.2, 0.25) is 0 Å². The summed E-state index contributed by atoms with van der Waals surface area (Å²) < 4.78 is 18.5. The lowest BCUT2D eigenvalue weighted by Crippen LogP contribution is -2.48. The summed E-state index contributed by atoms with van der Waals surface area (Å²) >= 11 is 0. The molecule has 3 rings (SSSR count). The van der Waals surface area contributed by atoms with E-state index in [1.807, 2.05) is 36.2 Å². The van der Waals surface area contributed by atoms with Crippen molar-refractivity contribution >= 4 is 17.0 Å². The Bertz CT molecular complexity index is 618. The molecule has 0 bridgehead atoms. The van der Waals surface area contributed by atoms with Crippen LogP contribution < -0.4 is 0 Å². The third-order valence-electron chi connectivity index (χ3n) is 3.81. The molecule has 1 saturated heterocycles. The molecule has 0 saturated carbocycles. The Balaban J connectivity index is 0.00000176. The first-order chi connectivity index (χ1) is 10.1. The van der Waals surface area contributed by atoms with Gasteiger partial charge in [-0.15, -0.1) is 17.0 Å². The molecule has 22 heavy (non-hydrogen) atoms. The first-order valence-corrected chi connectivity index (χ1v) is 6.98. The van der Waals surface area contributed by atoms with E-state index in [1.54, 1.807) is 12.1 Å². The number of aliphatic hydroxyl groups is 1. The lowest BCUT2D eigenvalue weighted by Gasteiger charge is -2.37. The van der Waals surface area contributed by atoms with E-state index in [1.165, 1.54) is 12.1 Å². The van der Waals surface area contributed by atoms with Gasteiger partial charge < -0.3 is 9.84 Å². The van der Waals surface area contributed by atoms with Crippen LogP contribution in [0.5, 0.6) is 0 Å². The van der Waals surface area contributed by atoms with E-state index >= 15 is 0 Å². The molecule has 2 aromatic rings. The zero-order valence-electron chi connectivity index (χ0n) is 12.3. The molecular formula is C17H19BrFNO2. The van der Waals surface area contributed by atoms with Crippen LogP contribution in [0, 0.1) is 5.82 Å². The summed E-state index contributed by atoms with van der Waals surface area (Å²) in [6.07, 6.45) is 0. The summed E-state index contributed by atoms with van der Waals surface area (Å²) in [4.78, 5) is 2.04. The molecule has 1 unspecified atom stereocenters. The van der Waals surface area contributed by atoms with Gasteiger partial charge in [0.15, 0.2) is 0 Å². The van der Waals surface area contributed by atoms with Crippen LogP contribution in [0.3, 0.4) is 0 Å². The number of β-amino-alcohol motifs (C(OH)–C–C–N with tert-alkyl or cyclic N) is 1. The molecule has 1 aliphatic heterocycles. The van der Waals surface area contributed by atoms with Crippen LogP contribution in [0.1, 0.15) is 5.56 Å². The van der Waals surface area contributed by atoms with E-state index in [0.29, 0.717) is 13.2 Å². The minimum absolute atomic E-state index is 0. The highest BCUT2D eigenvalue weighted by Crippen LogP contribution is 2.29. The monoisotopic (exact) mass is 367 g/mol. The van der Waals surface area contributed by atoms with Gasteiger partial charge in [0.05, 0.1) is 13.2 Å². The molecule has 0 amide bonds. The molecule has 1 atom stereocenters. The van der Waals surface area contributed by atoms with Gasteiger partial charge in [0, 0.05) is 12.1 Å². The number of nitrogens with zero attached hydrogens (tertiary/aromatic N) is 1. The Morgan fingerprint density at radius 1 is 1.05 bits per heavy atom. The van der Waals surface area contributed by atoms with Crippen molar-refractivity contribution in [3.05, 3.63) is 59.9 Å². The van der Waals surface area contributed by atoms with E-state index in [4.69, 9.17) is 4.74 Å². The Hall–Kier alpha value is -1.27. The molecule has 1 aliphatic rings. The molecule has 1 N–H and O–H groups in total. The quantitative estimate of drug-likeness (QED) is 0.884. The highest BCUT2D eigenvalue weighted by Gasteiger charge is 2.34. The molecule has 118 valence electrons. The number of benzene rings is 2. The minimum atomic E-state index is -1.26. The highest BCUT2D eigenvalue weighted by molar-refractivity contribution is 8.93. The molecule has 3 nitrogen and oxygen atoms in total. The molecule has 0 spiro atoms. The van der Waals surface area contributed by atoms with Crippen LogP contribution in [0.25, 0.3) is 11.1 Å². The summed E-state index contributed by atoms with van der Waals surface area (Å²) in [6, 6.07) is 13.9. The smallest absolute Gasteiger partial charge is 0.205 e. The zero-order chi connectivity index (χ0) is 14.9. The maximum atomic E-state index is 12.9. The van der Waals surface area contributed by atoms with Crippen molar-refractivity contribution in [1.29, 1.82) is 0 Å². The number of morpholine rings is 1. The number of ether oxygens (including phenoxy) is 1. The van der Waals surface area contributed by atoms with Crippen molar-refractivity contribution < 1.29 is 14.2 Å². The molecule has 1 fully saturated rings. The Kier molecular flexibility index (Phi) is 5.34. The van der Waals surface area contributed by atoms with Crippen molar-refractivity contribution in [3.8, 4) is 11.1 Å². The summed E-state index contributed by atoms with van der Waals surface area (Å²) in [7, 11) is 1.96. The van der Waals surface area contributed by atoms with Gasteiger partial charge >= 0.3 is 0 Å². The molecule has 0 radical (unpaired) electrons. The number of likely N-dealkylation sites (N-methyl/N-ethyl adjacent to an activating group) is 1. The molecule has 2 aromatic carbocycles. The van der Waals surface area contributed by atoms with Gasteiger partial charge in [0.25, 0.3) is 0 Å². The fourth-order valence-electron chi connectivity index (χ4n) is 2.60. The second kappa shape index (κ2) is 6.87. The van der Waals surface area contributed by atoms with Crippen molar-refractivity contribution in [1.82, 2.24) is 4.90 Å². The molecule has 0 aromatic heterocycles. The Morgan fingerprint density at radius 3 is 2.14 bits per heavy atom. The highest BCUT2D eigenvalue weighted by atomic mass is 79.9. The third-order valence-corrected chi connectivity index (χ3v) is 3.81. The van der Waals surface area contributed by atoms with Gasteiger partial charge in [-0.2, -0.15) is 0 Å². The van der Waals surface area contributed by atoms with Crippen LogP contribution in [0.15, 0.2) is 48.5 Å². The Morgan fingerprint density at radius 2 is 1.59 bits per heavy atom. The van der Waals surface area contributed by atoms with Crippen LogP contribution >= 0.6 is 17.0 Å². The number of halogens is 2. The normalized spacial score (nSPS) is 22.1. The third kappa shape index (κ3) is 3.55. The zero-order valence-corrected chi connectivity index (χ0v) is 14.0. The van der Waals surface area contributed by atoms with Crippen LogP contribution in [0.4, 0.5) is 4.39 Å². The SMILES string of the molecule is Br.CN1CCOC(O)(c2ccc(-c3ccc(F)cc3)cc2)C1. The molecule has 1 heterocycles. The predicted octanol–water partition coefficient (Wildman–Crippen LogP) is 3.18. The lowest BCUT2D eigenvalue weighted by molar-refractivity contribution is -0.245. The van der Waals surface area contributed by atoms with Gasteiger partial charge in [0.2, 0.25) is 5.79 Å². The predicted molar refractivity (Wildman–Crippen MR) is 89.5 cm³/mol. The lowest BCUT2D eigenvalue weighted by atomic mass is 9.99. The van der Waals surface area contributed by atoms with Gasteiger partial charge in [-0.25, -0.2) is 4.39 Å². The average Bonchev–Trinajstić information content (AvgIpc) is 2.48. The number of hydrogen-bond acceptors (Lipinski definition) is 3. The van der Waals surface area contributed by atoms with E-state index in [-0.39, 0.29) is 22.8 Å². The fourth-order valence-corrected chi connectivity index (χ4v) is 2.60. The number of rotatable bonds is 2. The average molecular weight is 368 g/mol. The van der Waals surface area contributed by atoms with Crippen molar-refractivity contribution in [3.63, 3.8) is 0 Å². The Labute approximate surface area is 140 Å². The summed E-state index contributed by atoms with van der Waals surface area (Å²) in [6.45, 7) is 1.77. The van der Waals surface area contributed by atoms with E-state index in [0.717, 1.165) is 23.2 Å². The van der Waals surface area contributed by atoms with E-state index < -0.39 is 5.79 Å². The van der Waals surface area contributed by atoms with Gasteiger partial charge in [-0.1, -0.05) is 36.4 Å². The first-order valence-electron chi connectivity index (χ1n) is 6.98. The van der Waals surface area contributed by atoms with E-state index in [2.05, 4.69) is 0 Å². The maximum absolute atomic E-state index is 12.9.